The summed E-state index contributed by atoms with van der Waals surface area (Å²) >= 11 is 6.02. The molecule has 0 aliphatic carbocycles. The normalized spacial score (nSPS) is 11.1. The summed E-state index contributed by atoms with van der Waals surface area (Å²) in [6.07, 6.45) is 1.47. The minimum atomic E-state index is -0.422. The first-order valence-electron chi connectivity index (χ1n) is 7.87. The number of hydrogen-bond acceptors (Lipinski definition) is 5. The van der Waals surface area contributed by atoms with Gasteiger partial charge in [-0.3, -0.25) is 4.79 Å². The molecule has 0 atom stereocenters. The van der Waals surface area contributed by atoms with Gasteiger partial charge >= 0.3 is 5.97 Å². The van der Waals surface area contributed by atoms with E-state index in [4.69, 9.17) is 16.3 Å². The Morgan fingerprint density at radius 2 is 2.04 bits per heavy atom. The van der Waals surface area contributed by atoms with Gasteiger partial charge in [-0.1, -0.05) is 41.9 Å². The number of nitrogens with zero attached hydrogens (tertiary/aromatic N) is 4. The van der Waals surface area contributed by atoms with Crippen LogP contribution in [0.2, 0.25) is 5.02 Å². The van der Waals surface area contributed by atoms with Gasteiger partial charge < -0.3 is 9.94 Å². The average Bonchev–Trinajstić information content (AvgIpc) is 3.03. The molecule has 0 N–H and O–H groups in total. The monoisotopic (exact) mass is 368 g/mol. The standard InChI is InChI=1S/C18H13ClN4O3/c19-14-6-7-15-16(9-14)22-18(21-23(15)25)13(10-20-22)8-17(24)26-11-12-4-2-1-3-5-12/h1-7,9-10H,8,11H2. The lowest BCUT2D eigenvalue weighted by Crippen LogP contribution is -2.33. The van der Waals surface area contributed by atoms with Crippen LogP contribution in [0, 0.1) is 5.21 Å². The van der Waals surface area contributed by atoms with Gasteiger partial charge in [0.2, 0.25) is 5.65 Å². The van der Waals surface area contributed by atoms with Gasteiger partial charge in [0.1, 0.15) is 12.1 Å². The Bertz CT molecular complexity index is 1110. The molecule has 2 aromatic heterocycles. The second kappa shape index (κ2) is 6.61. The lowest BCUT2D eigenvalue weighted by molar-refractivity contribution is -0.640. The SMILES string of the molecule is O=C(Cc1cnn2c1n[n+]([O-])c1ccc(Cl)cc12)OCc1ccccc1. The predicted molar refractivity (Wildman–Crippen MR) is 94.4 cm³/mol. The Morgan fingerprint density at radius 3 is 2.85 bits per heavy atom. The van der Waals surface area contributed by atoms with E-state index in [0.29, 0.717) is 32.1 Å². The molecule has 0 saturated heterocycles. The molecule has 0 radical (unpaired) electrons. The van der Waals surface area contributed by atoms with Crippen molar-refractivity contribution in [3.8, 4) is 0 Å². The lowest BCUT2D eigenvalue weighted by atomic mass is 10.2. The van der Waals surface area contributed by atoms with E-state index in [1.165, 1.54) is 10.7 Å². The Hall–Kier alpha value is -3.19. The Morgan fingerprint density at radius 1 is 1.23 bits per heavy atom. The van der Waals surface area contributed by atoms with Crippen LogP contribution in [-0.4, -0.2) is 20.7 Å². The van der Waals surface area contributed by atoms with Crippen molar-refractivity contribution in [2.45, 2.75) is 13.0 Å². The number of benzene rings is 2. The zero-order chi connectivity index (χ0) is 18.1. The molecule has 2 heterocycles. The van der Waals surface area contributed by atoms with E-state index < -0.39 is 5.97 Å². The highest BCUT2D eigenvalue weighted by molar-refractivity contribution is 6.31. The summed E-state index contributed by atoms with van der Waals surface area (Å²) < 4.78 is 6.77. The fourth-order valence-electron chi connectivity index (χ4n) is 2.70. The number of carbonyl (C=O) groups excluding carboxylic acids is 1. The third-order valence-electron chi connectivity index (χ3n) is 3.95. The van der Waals surface area contributed by atoms with E-state index >= 15 is 0 Å². The second-order valence-corrected chi connectivity index (χ2v) is 6.17. The van der Waals surface area contributed by atoms with Gasteiger partial charge in [0.25, 0.3) is 5.52 Å². The third-order valence-corrected chi connectivity index (χ3v) is 4.19. The van der Waals surface area contributed by atoms with Gasteiger partial charge in [0.15, 0.2) is 0 Å². The molecular formula is C18H13ClN4O3. The Kier molecular flexibility index (Phi) is 4.14. The molecule has 0 bridgehead atoms. The van der Waals surface area contributed by atoms with Gasteiger partial charge in [-0.05, 0) is 22.5 Å². The van der Waals surface area contributed by atoms with Crippen molar-refractivity contribution in [3.63, 3.8) is 0 Å². The summed E-state index contributed by atoms with van der Waals surface area (Å²) in [5.41, 5.74) is 2.56. The van der Waals surface area contributed by atoms with Crippen LogP contribution in [0.1, 0.15) is 11.1 Å². The summed E-state index contributed by atoms with van der Waals surface area (Å²) in [5, 5.41) is 20.8. The number of halogens is 1. The maximum absolute atomic E-state index is 12.2. The zero-order valence-electron chi connectivity index (χ0n) is 13.5. The van der Waals surface area contributed by atoms with Crippen LogP contribution >= 0.6 is 11.6 Å². The van der Waals surface area contributed by atoms with Gasteiger partial charge in [-0.15, -0.1) is 0 Å². The summed E-state index contributed by atoms with van der Waals surface area (Å²) in [7, 11) is 0. The highest BCUT2D eigenvalue weighted by atomic mass is 35.5. The summed E-state index contributed by atoms with van der Waals surface area (Å²) in [5.74, 6) is -0.422. The first-order valence-corrected chi connectivity index (χ1v) is 8.25. The minimum Gasteiger partial charge on any atom is -0.594 e. The fraction of sp³-hybridized carbons (Fsp3) is 0.111. The zero-order valence-corrected chi connectivity index (χ0v) is 14.3. The van der Waals surface area contributed by atoms with Gasteiger partial charge in [-0.25, -0.2) is 4.52 Å². The predicted octanol–water partition coefficient (Wildman–Crippen LogP) is 2.46. The molecule has 0 unspecified atom stereocenters. The van der Waals surface area contributed by atoms with E-state index in [-0.39, 0.29) is 13.0 Å². The number of esters is 1. The number of fused-ring (bicyclic) bond motifs is 3. The van der Waals surface area contributed by atoms with Crippen molar-refractivity contribution in [3.05, 3.63) is 76.1 Å². The highest BCUT2D eigenvalue weighted by Gasteiger charge is 2.18. The number of ether oxygens (including phenoxy) is 1. The quantitative estimate of drug-likeness (QED) is 0.314. The Balaban J connectivity index is 1.61. The van der Waals surface area contributed by atoms with E-state index in [1.54, 1.807) is 18.2 Å². The highest BCUT2D eigenvalue weighted by Crippen LogP contribution is 2.19. The lowest BCUT2D eigenvalue weighted by Gasteiger charge is -2.05. The molecular weight excluding hydrogens is 356 g/mol. The molecule has 0 aliphatic heterocycles. The summed E-state index contributed by atoms with van der Waals surface area (Å²) in [6, 6.07) is 14.2. The maximum atomic E-state index is 12.2. The molecule has 8 heteroatoms. The van der Waals surface area contributed by atoms with Crippen LogP contribution in [0.3, 0.4) is 0 Å². The van der Waals surface area contributed by atoms with Gasteiger partial charge in [0, 0.05) is 21.8 Å². The minimum absolute atomic E-state index is 0.0323. The van der Waals surface area contributed by atoms with Crippen molar-refractivity contribution in [1.29, 1.82) is 0 Å². The average molecular weight is 369 g/mol. The number of aromatic nitrogens is 4. The van der Waals surface area contributed by atoms with Gasteiger partial charge in [-0.2, -0.15) is 5.10 Å². The first-order chi connectivity index (χ1) is 12.6. The first kappa shape index (κ1) is 16.3. The van der Waals surface area contributed by atoms with Crippen LogP contribution in [0.4, 0.5) is 0 Å². The maximum Gasteiger partial charge on any atom is 0.310 e. The molecule has 4 rings (SSSR count). The topological polar surface area (TPSA) is 83.4 Å². The molecule has 7 nitrogen and oxygen atoms in total. The van der Waals surface area contributed by atoms with Crippen molar-refractivity contribution < 1.29 is 14.4 Å². The van der Waals surface area contributed by atoms with Crippen molar-refractivity contribution in [1.82, 2.24) is 14.7 Å². The smallest absolute Gasteiger partial charge is 0.310 e. The van der Waals surface area contributed by atoms with E-state index in [2.05, 4.69) is 10.2 Å². The molecule has 0 saturated carbocycles. The number of rotatable bonds is 4. The molecule has 4 aromatic rings. The van der Waals surface area contributed by atoms with Crippen molar-refractivity contribution in [2.24, 2.45) is 0 Å². The molecule has 0 fully saturated rings. The summed E-state index contributed by atoms with van der Waals surface area (Å²) in [4.78, 5) is 12.6. The second-order valence-electron chi connectivity index (χ2n) is 5.73. The van der Waals surface area contributed by atoms with E-state index in [0.717, 1.165) is 5.56 Å². The van der Waals surface area contributed by atoms with Crippen LogP contribution in [0.15, 0.2) is 54.7 Å². The van der Waals surface area contributed by atoms with Crippen LogP contribution in [0.25, 0.3) is 16.7 Å². The number of hydrogen-bond donors (Lipinski definition) is 0. The fourth-order valence-corrected chi connectivity index (χ4v) is 2.86. The third kappa shape index (κ3) is 3.04. The van der Waals surface area contributed by atoms with Crippen LogP contribution in [-0.2, 0) is 22.6 Å². The number of carbonyl (C=O) groups is 1. The molecule has 0 amide bonds. The Labute approximate surface area is 153 Å². The van der Waals surface area contributed by atoms with Crippen molar-refractivity contribution >= 4 is 34.3 Å². The van der Waals surface area contributed by atoms with Crippen LogP contribution < -0.4 is 4.85 Å². The molecule has 130 valence electrons. The van der Waals surface area contributed by atoms with Crippen LogP contribution in [0.5, 0.6) is 0 Å². The molecule has 0 spiro atoms. The van der Waals surface area contributed by atoms with Gasteiger partial charge in [0.05, 0.1) is 12.6 Å². The largest absolute Gasteiger partial charge is 0.594 e. The van der Waals surface area contributed by atoms with Crippen molar-refractivity contribution in [2.75, 3.05) is 0 Å². The molecule has 26 heavy (non-hydrogen) atoms. The summed E-state index contributed by atoms with van der Waals surface area (Å²) in [6.45, 7) is 0.187. The van der Waals surface area contributed by atoms with E-state index in [9.17, 15) is 10.0 Å². The molecule has 0 aliphatic rings. The molecule has 2 aromatic carbocycles. The van der Waals surface area contributed by atoms with E-state index in [1.807, 2.05) is 30.3 Å².